The van der Waals surface area contributed by atoms with Gasteiger partial charge in [0.05, 0.1) is 12.5 Å². The average molecular weight is 307 g/mol. The first-order chi connectivity index (χ1) is 7.75. The molecular weight excluding hydrogens is 287 g/mol. The molecule has 1 aliphatic carbocycles. The number of aromatic nitrogens is 1. The van der Waals surface area contributed by atoms with E-state index < -0.39 is 0 Å². The molecule has 1 fully saturated rings. The second-order valence-corrected chi connectivity index (χ2v) is 4.96. The first-order valence-electron chi connectivity index (χ1n) is 6.26. The Bertz CT molecular complexity index is 317. The van der Waals surface area contributed by atoms with E-state index in [0.717, 1.165) is 24.0 Å². The van der Waals surface area contributed by atoms with Gasteiger partial charge in [-0.25, -0.2) is 0 Å². The molecule has 1 saturated carbocycles. The SMILES string of the molecule is CC(C)c1[c-]cc(OCC2CCCC2)nc1.[Y]. The third-order valence-electron chi connectivity index (χ3n) is 3.26. The molecule has 0 amide bonds. The summed E-state index contributed by atoms with van der Waals surface area (Å²) in [6.07, 6.45) is 7.22. The maximum Gasteiger partial charge on any atom is 0.0968 e. The van der Waals surface area contributed by atoms with Gasteiger partial charge in [0.15, 0.2) is 0 Å². The summed E-state index contributed by atoms with van der Waals surface area (Å²) in [5.74, 6) is 1.94. The first kappa shape index (κ1) is 15.1. The van der Waals surface area contributed by atoms with E-state index in [1.807, 2.05) is 12.3 Å². The second kappa shape index (κ2) is 7.48. The number of ether oxygens (including phenoxy) is 1. The number of hydrogen-bond acceptors (Lipinski definition) is 2. The Balaban J connectivity index is 0.00000144. The van der Waals surface area contributed by atoms with Crippen molar-refractivity contribution in [1.29, 1.82) is 0 Å². The van der Waals surface area contributed by atoms with Crippen molar-refractivity contribution in [2.24, 2.45) is 5.92 Å². The van der Waals surface area contributed by atoms with Crippen LogP contribution in [0.15, 0.2) is 12.3 Å². The standard InChI is InChI=1S/C14H20NO.Y/c1-11(2)13-7-8-14(15-9-13)16-10-12-5-3-4-6-12;/h8-9,11-12H,3-6,10H2,1-2H3;/q-1;. The zero-order chi connectivity index (χ0) is 11.4. The van der Waals surface area contributed by atoms with Gasteiger partial charge in [0.1, 0.15) is 0 Å². The fourth-order valence-electron chi connectivity index (χ4n) is 2.13. The monoisotopic (exact) mass is 307 g/mol. The predicted molar refractivity (Wildman–Crippen MR) is 64.6 cm³/mol. The van der Waals surface area contributed by atoms with Gasteiger partial charge in [-0.05, 0) is 24.7 Å². The van der Waals surface area contributed by atoms with Crippen LogP contribution in [0.2, 0.25) is 0 Å². The van der Waals surface area contributed by atoms with Crippen LogP contribution in [0.25, 0.3) is 0 Å². The first-order valence-corrected chi connectivity index (χ1v) is 6.26. The average Bonchev–Trinajstić information content (AvgIpc) is 2.80. The molecule has 0 atom stereocenters. The maximum absolute atomic E-state index is 5.68. The molecule has 91 valence electrons. The minimum atomic E-state index is 0. The molecule has 1 aromatic rings. The van der Waals surface area contributed by atoms with Crippen molar-refractivity contribution in [2.75, 3.05) is 6.61 Å². The zero-order valence-electron chi connectivity index (χ0n) is 10.8. The van der Waals surface area contributed by atoms with E-state index in [-0.39, 0.29) is 32.7 Å². The summed E-state index contributed by atoms with van der Waals surface area (Å²) in [4.78, 5) is 4.31. The van der Waals surface area contributed by atoms with Crippen molar-refractivity contribution in [2.45, 2.75) is 45.4 Å². The number of pyridine rings is 1. The van der Waals surface area contributed by atoms with E-state index in [1.165, 1.54) is 25.7 Å². The molecular formula is C14H20NOY-. The molecule has 2 rings (SSSR count). The van der Waals surface area contributed by atoms with Gasteiger partial charge in [-0.3, -0.25) is 0 Å². The van der Waals surface area contributed by atoms with Crippen LogP contribution in [0.4, 0.5) is 0 Å². The van der Waals surface area contributed by atoms with Gasteiger partial charge in [0.2, 0.25) is 0 Å². The molecule has 1 heterocycles. The molecule has 0 unspecified atom stereocenters. The molecule has 17 heavy (non-hydrogen) atoms. The summed E-state index contributed by atoms with van der Waals surface area (Å²) < 4.78 is 5.68. The smallest absolute Gasteiger partial charge is 0.0968 e. The van der Waals surface area contributed by atoms with E-state index in [4.69, 9.17) is 4.74 Å². The number of nitrogens with zero attached hydrogens (tertiary/aromatic N) is 1. The Labute approximate surface area is 129 Å². The Morgan fingerprint density at radius 1 is 1.41 bits per heavy atom. The van der Waals surface area contributed by atoms with Crippen LogP contribution in [-0.2, 0) is 32.7 Å². The van der Waals surface area contributed by atoms with Gasteiger partial charge >= 0.3 is 0 Å². The second-order valence-electron chi connectivity index (χ2n) is 4.96. The predicted octanol–water partition coefficient (Wildman–Crippen LogP) is 3.57. The molecule has 2 nitrogen and oxygen atoms in total. The van der Waals surface area contributed by atoms with Crippen LogP contribution in [0.1, 0.15) is 51.0 Å². The normalized spacial score (nSPS) is 15.9. The maximum atomic E-state index is 5.68. The van der Waals surface area contributed by atoms with Crippen LogP contribution in [0.3, 0.4) is 0 Å². The van der Waals surface area contributed by atoms with Crippen LogP contribution in [0, 0.1) is 12.0 Å². The summed E-state index contributed by atoms with van der Waals surface area (Å²) in [5.41, 5.74) is 1.15. The quantitative estimate of drug-likeness (QED) is 0.793. The molecule has 1 aromatic heterocycles. The Morgan fingerprint density at radius 2 is 2.12 bits per heavy atom. The largest absolute Gasteiger partial charge is 0.534 e. The number of rotatable bonds is 4. The molecule has 0 aliphatic heterocycles. The zero-order valence-corrected chi connectivity index (χ0v) is 13.6. The summed E-state index contributed by atoms with van der Waals surface area (Å²) in [5, 5.41) is 0. The van der Waals surface area contributed by atoms with Crippen molar-refractivity contribution >= 4 is 0 Å². The molecule has 1 radical (unpaired) electrons. The van der Waals surface area contributed by atoms with Crippen molar-refractivity contribution in [3.63, 3.8) is 0 Å². The van der Waals surface area contributed by atoms with Gasteiger partial charge in [-0.2, -0.15) is 6.07 Å². The molecule has 0 N–H and O–H groups in total. The minimum Gasteiger partial charge on any atom is -0.534 e. The minimum absolute atomic E-state index is 0. The Hall–Kier alpha value is 0.0539. The van der Waals surface area contributed by atoms with E-state index in [0.29, 0.717) is 5.92 Å². The molecule has 0 saturated heterocycles. The summed E-state index contributed by atoms with van der Waals surface area (Å²) in [6.45, 7) is 5.11. The van der Waals surface area contributed by atoms with Gasteiger partial charge in [0.25, 0.3) is 0 Å². The molecule has 0 aromatic carbocycles. The van der Waals surface area contributed by atoms with Crippen LogP contribution < -0.4 is 4.74 Å². The van der Waals surface area contributed by atoms with E-state index >= 15 is 0 Å². The van der Waals surface area contributed by atoms with E-state index in [2.05, 4.69) is 24.9 Å². The van der Waals surface area contributed by atoms with Crippen LogP contribution in [-0.4, -0.2) is 11.6 Å². The summed E-state index contributed by atoms with van der Waals surface area (Å²) in [7, 11) is 0. The van der Waals surface area contributed by atoms with Crippen LogP contribution in [0.5, 0.6) is 5.88 Å². The molecule has 1 aliphatic rings. The summed E-state index contributed by atoms with van der Waals surface area (Å²) in [6, 6.07) is 5.09. The van der Waals surface area contributed by atoms with Crippen molar-refractivity contribution in [3.05, 3.63) is 23.9 Å². The van der Waals surface area contributed by atoms with Gasteiger partial charge in [-0.1, -0.05) is 32.9 Å². The van der Waals surface area contributed by atoms with E-state index in [9.17, 15) is 0 Å². The van der Waals surface area contributed by atoms with Gasteiger partial charge in [-0.15, -0.1) is 11.6 Å². The van der Waals surface area contributed by atoms with Gasteiger partial charge in [0, 0.05) is 32.7 Å². The van der Waals surface area contributed by atoms with Gasteiger partial charge < -0.3 is 9.72 Å². The number of hydrogen-bond donors (Lipinski definition) is 0. The Kier molecular flexibility index (Phi) is 6.65. The van der Waals surface area contributed by atoms with Crippen molar-refractivity contribution in [1.82, 2.24) is 4.98 Å². The topological polar surface area (TPSA) is 22.1 Å². The molecule has 0 bridgehead atoms. The fraction of sp³-hybridized carbons (Fsp3) is 0.643. The molecule has 3 heteroatoms. The third kappa shape index (κ3) is 4.67. The van der Waals surface area contributed by atoms with Crippen molar-refractivity contribution < 1.29 is 37.4 Å². The van der Waals surface area contributed by atoms with Crippen molar-refractivity contribution in [3.8, 4) is 5.88 Å². The summed E-state index contributed by atoms with van der Waals surface area (Å²) >= 11 is 0. The third-order valence-corrected chi connectivity index (χ3v) is 3.26. The van der Waals surface area contributed by atoms with Crippen LogP contribution >= 0.6 is 0 Å². The fourth-order valence-corrected chi connectivity index (χ4v) is 2.13. The Morgan fingerprint density at radius 3 is 2.65 bits per heavy atom. The molecule has 0 spiro atoms. The van der Waals surface area contributed by atoms with E-state index in [1.54, 1.807) is 0 Å².